The molecule has 0 bridgehead atoms. The molecule has 1 heterocycles. The van der Waals surface area contributed by atoms with Crippen LogP contribution in [0, 0.1) is 0 Å². The summed E-state index contributed by atoms with van der Waals surface area (Å²) in [5, 5.41) is 10.4. The van der Waals surface area contributed by atoms with Gasteiger partial charge in [0.25, 0.3) is 5.91 Å². The summed E-state index contributed by atoms with van der Waals surface area (Å²) in [5.41, 5.74) is 0.215. The Morgan fingerprint density at radius 2 is 1.72 bits per heavy atom. The first-order valence-electron chi connectivity index (χ1n) is 8.88. The summed E-state index contributed by atoms with van der Waals surface area (Å²) in [4.78, 5) is 38.4. The second-order valence-electron chi connectivity index (χ2n) is 6.53. The summed E-state index contributed by atoms with van der Waals surface area (Å²) in [6.07, 6.45) is 0. The Morgan fingerprint density at radius 3 is 2.34 bits per heavy atom. The molecule has 7 nitrogen and oxygen atoms in total. The SMILES string of the molecule is C[NH+](C)[C@@H](CNC(=O)CNC(=O)CNC(=O)c1ccc(Cl)cc1Cl)c1cccs1. The van der Waals surface area contributed by atoms with Crippen molar-refractivity contribution in [3.8, 4) is 0 Å². The fourth-order valence-electron chi connectivity index (χ4n) is 2.53. The van der Waals surface area contributed by atoms with Crippen molar-refractivity contribution in [3.63, 3.8) is 0 Å². The molecule has 4 N–H and O–H groups in total. The molecule has 0 unspecified atom stereocenters. The lowest BCUT2D eigenvalue weighted by atomic mass is 10.2. The van der Waals surface area contributed by atoms with Gasteiger partial charge in [0.1, 0.15) is 6.04 Å². The molecule has 2 aromatic rings. The van der Waals surface area contributed by atoms with Gasteiger partial charge in [-0.15, -0.1) is 11.3 Å². The highest BCUT2D eigenvalue weighted by molar-refractivity contribution is 7.10. The van der Waals surface area contributed by atoms with E-state index in [9.17, 15) is 14.4 Å². The van der Waals surface area contributed by atoms with E-state index >= 15 is 0 Å². The lowest BCUT2D eigenvalue weighted by Gasteiger charge is -2.20. The number of rotatable bonds is 9. The van der Waals surface area contributed by atoms with Crippen LogP contribution in [-0.2, 0) is 9.59 Å². The standard InChI is InChI=1S/C19H22Cl2N4O3S/c1-25(2)15(16-4-3-7-29-16)9-22-17(26)10-23-18(27)11-24-19(28)13-6-5-12(20)8-14(13)21/h3-8,15H,9-11H2,1-2H3,(H,22,26)(H,23,27)(H,24,28)/p+1/t15-/m0/s1. The maximum atomic E-state index is 12.1. The van der Waals surface area contributed by atoms with Gasteiger partial charge in [-0.1, -0.05) is 29.3 Å². The second kappa shape index (κ2) is 11.2. The van der Waals surface area contributed by atoms with Crippen LogP contribution in [0.5, 0.6) is 0 Å². The predicted molar refractivity (Wildman–Crippen MR) is 115 cm³/mol. The van der Waals surface area contributed by atoms with Crippen molar-refractivity contribution >= 4 is 52.3 Å². The summed E-state index contributed by atoms with van der Waals surface area (Å²) in [7, 11) is 4.04. The Morgan fingerprint density at radius 1 is 1.03 bits per heavy atom. The fraction of sp³-hybridized carbons (Fsp3) is 0.316. The van der Waals surface area contributed by atoms with Crippen molar-refractivity contribution < 1.29 is 19.3 Å². The van der Waals surface area contributed by atoms with Gasteiger partial charge >= 0.3 is 0 Å². The van der Waals surface area contributed by atoms with Gasteiger partial charge < -0.3 is 20.9 Å². The minimum Gasteiger partial charge on any atom is -0.348 e. The predicted octanol–water partition coefficient (Wildman–Crippen LogP) is 0.903. The molecule has 0 saturated heterocycles. The molecular formula is C19H23Cl2N4O3S+. The van der Waals surface area contributed by atoms with Gasteiger partial charge in [-0.2, -0.15) is 0 Å². The molecular weight excluding hydrogens is 435 g/mol. The normalized spacial score (nSPS) is 11.8. The Balaban J connectivity index is 1.73. The monoisotopic (exact) mass is 457 g/mol. The summed E-state index contributed by atoms with van der Waals surface area (Å²) in [6.45, 7) is 0.0183. The van der Waals surface area contributed by atoms with Crippen LogP contribution in [0.15, 0.2) is 35.7 Å². The van der Waals surface area contributed by atoms with E-state index in [1.807, 2.05) is 31.6 Å². The smallest absolute Gasteiger partial charge is 0.253 e. The van der Waals surface area contributed by atoms with Crippen molar-refractivity contribution in [2.24, 2.45) is 0 Å². The number of carbonyl (C=O) groups is 3. The Kier molecular flexibility index (Phi) is 8.91. The van der Waals surface area contributed by atoms with Crippen molar-refractivity contribution in [3.05, 3.63) is 56.2 Å². The number of amides is 3. The number of thiophene rings is 1. The molecule has 29 heavy (non-hydrogen) atoms. The molecule has 0 saturated carbocycles. The van der Waals surface area contributed by atoms with Gasteiger partial charge in [0.05, 0.1) is 49.2 Å². The third-order valence-corrected chi connectivity index (χ3v) is 5.65. The third-order valence-electron chi connectivity index (χ3n) is 4.12. The molecule has 0 fully saturated rings. The van der Waals surface area contributed by atoms with Crippen LogP contribution in [-0.4, -0.2) is 51.5 Å². The quantitative estimate of drug-likeness (QED) is 0.450. The minimum absolute atomic E-state index is 0.137. The average molecular weight is 458 g/mol. The van der Waals surface area contributed by atoms with E-state index in [1.54, 1.807) is 11.3 Å². The first-order valence-corrected chi connectivity index (χ1v) is 10.5. The Hall–Kier alpha value is -2.13. The van der Waals surface area contributed by atoms with Crippen LogP contribution in [0.2, 0.25) is 10.0 Å². The number of quaternary nitrogens is 1. The number of carbonyl (C=O) groups excluding carboxylic acids is 3. The summed E-state index contributed by atoms with van der Waals surface area (Å²) >= 11 is 13.4. The van der Waals surface area contributed by atoms with E-state index in [-0.39, 0.29) is 35.6 Å². The Bertz CT molecular complexity index is 859. The van der Waals surface area contributed by atoms with Gasteiger partial charge in [0.2, 0.25) is 11.8 Å². The summed E-state index contributed by atoms with van der Waals surface area (Å²) in [6, 6.07) is 8.60. The summed E-state index contributed by atoms with van der Waals surface area (Å²) < 4.78 is 0. The van der Waals surface area contributed by atoms with E-state index < -0.39 is 11.8 Å². The maximum absolute atomic E-state index is 12.1. The summed E-state index contributed by atoms with van der Waals surface area (Å²) in [5.74, 6) is -1.28. The zero-order valence-electron chi connectivity index (χ0n) is 16.1. The van der Waals surface area contributed by atoms with Gasteiger partial charge in [-0.25, -0.2) is 0 Å². The van der Waals surface area contributed by atoms with E-state index in [0.29, 0.717) is 11.6 Å². The van der Waals surface area contributed by atoms with E-state index in [0.717, 1.165) is 0 Å². The van der Waals surface area contributed by atoms with Gasteiger partial charge in [-0.05, 0) is 29.6 Å². The molecule has 0 aliphatic carbocycles. The molecule has 1 atom stereocenters. The highest BCUT2D eigenvalue weighted by Gasteiger charge is 2.20. The number of halogens is 2. The van der Waals surface area contributed by atoms with Gasteiger partial charge in [-0.3, -0.25) is 14.4 Å². The molecule has 156 valence electrons. The van der Waals surface area contributed by atoms with E-state index in [4.69, 9.17) is 23.2 Å². The average Bonchev–Trinajstić information content (AvgIpc) is 3.18. The van der Waals surface area contributed by atoms with Crippen LogP contribution in [0.25, 0.3) is 0 Å². The fourth-order valence-corrected chi connectivity index (χ4v) is 3.98. The molecule has 1 aromatic carbocycles. The highest BCUT2D eigenvalue weighted by atomic mass is 35.5. The van der Waals surface area contributed by atoms with Crippen LogP contribution in [0.3, 0.4) is 0 Å². The zero-order chi connectivity index (χ0) is 21.4. The van der Waals surface area contributed by atoms with E-state index in [1.165, 1.54) is 28.0 Å². The van der Waals surface area contributed by atoms with Crippen molar-refractivity contribution in [1.82, 2.24) is 16.0 Å². The second-order valence-corrected chi connectivity index (χ2v) is 8.36. The zero-order valence-corrected chi connectivity index (χ0v) is 18.4. The topological polar surface area (TPSA) is 91.7 Å². The maximum Gasteiger partial charge on any atom is 0.253 e. The first-order chi connectivity index (χ1) is 13.8. The van der Waals surface area contributed by atoms with Crippen LogP contribution in [0.1, 0.15) is 21.3 Å². The van der Waals surface area contributed by atoms with Gasteiger partial charge in [0.15, 0.2) is 0 Å². The molecule has 1 aromatic heterocycles. The van der Waals surface area contributed by atoms with Crippen LogP contribution >= 0.6 is 34.5 Å². The molecule has 3 amide bonds. The van der Waals surface area contributed by atoms with Crippen LogP contribution < -0.4 is 20.9 Å². The molecule has 0 aliphatic rings. The van der Waals surface area contributed by atoms with Crippen LogP contribution in [0.4, 0.5) is 0 Å². The molecule has 0 radical (unpaired) electrons. The van der Waals surface area contributed by atoms with E-state index in [2.05, 4.69) is 16.0 Å². The number of likely N-dealkylation sites (N-methyl/N-ethyl adjacent to an activating group) is 1. The number of hydrogen-bond donors (Lipinski definition) is 4. The molecule has 0 aliphatic heterocycles. The molecule has 10 heteroatoms. The number of benzene rings is 1. The molecule has 0 spiro atoms. The van der Waals surface area contributed by atoms with Crippen molar-refractivity contribution in [2.45, 2.75) is 6.04 Å². The largest absolute Gasteiger partial charge is 0.348 e. The van der Waals surface area contributed by atoms with Crippen molar-refractivity contribution in [2.75, 3.05) is 33.7 Å². The van der Waals surface area contributed by atoms with Gasteiger partial charge in [0, 0.05) is 5.02 Å². The Labute approximate surface area is 183 Å². The third kappa shape index (κ3) is 7.32. The number of nitrogens with one attached hydrogen (secondary N) is 4. The lowest BCUT2D eigenvalue weighted by molar-refractivity contribution is -0.890. The molecule has 2 rings (SSSR count). The number of hydrogen-bond acceptors (Lipinski definition) is 4. The first kappa shape index (κ1) is 23.2. The minimum atomic E-state index is -0.501. The lowest BCUT2D eigenvalue weighted by Crippen LogP contribution is -3.06. The highest BCUT2D eigenvalue weighted by Crippen LogP contribution is 2.20. The van der Waals surface area contributed by atoms with Crippen molar-refractivity contribution in [1.29, 1.82) is 0 Å².